The van der Waals surface area contributed by atoms with Gasteiger partial charge in [-0.3, -0.25) is 4.79 Å². The molecule has 3 atom stereocenters. The molecule has 3 unspecified atom stereocenters. The van der Waals surface area contributed by atoms with Crippen LogP contribution in [0, 0.1) is 11.3 Å². The van der Waals surface area contributed by atoms with Gasteiger partial charge in [0.1, 0.15) is 17.6 Å². The van der Waals surface area contributed by atoms with Crippen molar-refractivity contribution >= 4 is 17.2 Å². The summed E-state index contributed by atoms with van der Waals surface area (Å²) in [6.07, 6.45) is 8.82. The quantitative estimate of drug-likeness (QED) is 0.531. The summed E-state index contributed by atoms with van der Waals surface area (Å²) in [7, 11) is 0. The molecule has 0 aromatic carbocycles. The summed E-state index contributed by atoms with van der Waals surface area (Å²) in [6.45, 7) is 7.46. The maximum absolute atomic E-state index is 12.2. The number of carbonyl (C=O) groups is 1. The van der Waals surface area contributed by atoms with E-state index in [1.54, 1.807) is 6.20 Å². The van der Waals surface area contributed by atoms with E-state index in [4.69, 9.17) is 4.74 Å². The van der Waals surface area contributed by atoms with Crippen LogP contribution in [0.3, 0.4) is 0 Å². The summed E-state index contributed by atoms with van der Waals surface area (Å²) in [5, 5.41) is 16.6. The molecule has 2 aliphatic rings. The number of aliphatic hydroxyl groups excluding tert-OH is 1. The Morgan fingerprint density at radius 2 is 2.33 bits per heavy atom. The third-order valence-electron chi connectivity index (χ3n) is 5.70. The number of nitrogens with one attached hydrogen (secondary N) is 2. The first-order chi connectivity index (χ1) is 12.8. The second-order valence-electron chi connectivity index (χ2n) is 9.10. The molecule has 0 bridgehead atoms. The molecule has 2 saturated carbocycles. The van der Waals surface area contributed by atoms with Gasteiger partial charge in [0, 0.05) is 18.6 Å². The van der Waals surface area contributed by atoms with Gasteiger partial charge in [-0.05, 0) is 64.2 Å². The molecular formula is C20H33N3O3S. The van der Waals surface area contributed by atoms with E-state index < -0.39 is 6.10 Å². The molecule has 0 saturated heterocycles. The van der Waals surface area contributed by atoms with Crippen molar-refractivity contribution in [2.45, 2.75) is 70.9 Å². The average Bonchev–Trinajstić information content (AvgIpc) is 2.98. The zero-order valence-electron chi connectivity index (χ0n) is 16.7. The molecule has 0 radical (unpaired) electrons. The molecule has 2 aliphatic carbocycles. The van der Waals surface area contributed by atoms with E-state index in [-0.39, 0.29) is 18.1 Å². The van der Waals surface area contributed by atoms with Crippen molar-refractivity contribution in [3.8, 4) is 5.19 Å². The maximum Gasteiger partial charge on any atom is 0.273 e. The molecule has 152 valence electrons. The summed E-state index contributed by atoms with van der Waals surface area (Å²) in [4.78, 5) is 16.9. The molecule has 0 spiro atoms. The molecule has 7 heteroatoms. The predicted molar refractivity (Wildman–Crippen MR) is 107 cm³/mol. The topological polar surface area (TPSA) is 83.5 Å². The number of rotatable bonds is 10. The lowest BCUT2D eigenvalue weighted by Gasteiger charge is -2.22. The zero-order valence-corrected chi connectivity index (χ0v) is 17.5. The third-order valence-corrected chi connectivity index (χ3v) is 6.61. The molecule has 3 rings (SSSR count). The number of aliphatic hydroxyl groups is 1. The van der Waals surface area contributed by atoms with Crippen molar-refractivity contribution in [1.29, 1.82) is 0 Å². The highest BCUT2D eigenvalue weighted by molar-refractivity contribution is 7.15. The first kappa shape index (κ1) is 20.6. The molecule has 3 N–H and O–H groups in total. The fourth-order valence-electron chi connectivity index (χ4n) is 4.09. The molecule has 6 nitrogen and oxygen atoms in total. The number of β-amino-alcohol motifs (C(OH)–C–C–N with tert-alkyl or cyclic N) is 1. The van der Waals surface area contributed by atoms with E-state index in [1.807, 2.05) is 20.8 Å². The van der Waals surface area contributed by atoms with E-state index in [2.05, 4.69) is 15.6 Å². The molecular weight excluding hydrogens is 362 g/mol. The van der Waals surface area contributed by atoms with E-state index in [1.165, 1.54) is 43.4 Å². The fourth-order valence-corrected chi connectivity index (χ4v) is 4.78. The summed E-state index contributed by atoms with van der Waals surface area (Å²) in [5.41, 5.74) is 0.587. The van der Waals surface area contributed by atoms with Gasteiger partial charge in [-0.1, -0.05) is 17.8 Å². The predicted octanol–water partition coefficient (Wildman–Crippen LogP) is 2.97. The summed E-state index contributed by atoms with van der Waals surface area (Å²) >= 11 is 1.22. The van der Waals surface area contributed by atoms with Gasteiger partial charge in [-0.15, -0.1) is 0 Å². The second-order valence-corrected chi connectivity index (χ2v) is 10.1. The van der Waals surface area contributed by atoms with E-state index in [0.29, 0.717) is 22.0 Å². The lowest BCUT2D eigenvalue weighted by molar-refractivity contribution is 0.0956. The Morgan fingerprint density at radius 1 is 1.52 bits per heavy atom. The SMILES string of the molecule is CC(C)(C)NCC(O)COc1ncc(C(=O)NCCCC23CCCC2C3)s1. The van der Waals surface area contributed by atoms with E-state index in [0.717, 1.165) is 18.9 Å². The van der Waals surface area contributed by atoms with Crippen LogP contribution in [0.5, 0.6) is 5.19 Å². The molecule has 27 heavy (non-hydrogen) atoms. The zero-order chi connectivity index (χ0) is 19.5. The maximum atomic E-state index is 12.2. The highest BCUT2D eigenvalue weighted by Gasteiger charge is 2.55. The minimum Gasteiger partial charge on any atom is -0.467 e. The minimum atomic E-state index is -0.619. The van der Waals surface area contributed by atoms with Crippen LogP contribution in [0.4, 0.5) is 0 Å². The van der Waals surface area contributed by atoms with Crippen LogP contribution in [0.1, 0.15) is 69.0 Å². The fraction of sp³-hybridized carbons (Fsp3) is 0.800. The van der Waals surface area contributed by atoms with E-state index >= 15 is 0 Å². The number of amides is 1. The largest absolute Gasteiger partial charge is 0.467 e. The number of fused-ring (bicyclic) bond motifs is 1. The average molecular weight is 396 g/mol. The van der Waals surface area contributed by atoms with Crippen LogP contribution >= 0.6 is 11.3 Å². The second kappa shape index (κ2) is 8.45. The van der Waals surface area contributed by atoms with Crippen molar-refractivity contribution in [3.05, 3.63) is 11.1 Å². The van der Waals surface area contributed by atoms with Crippen molar-refractivity contribution < 1.29 is 14.6 Å². The smallest absolute Gasteiger partial charge is 0.273 e. The van der Waals surface area contributed by atoms with Crippen LogP contribution in [0.25, 0.3) is 0 Å². The first-order valence-electron chi connectivity index (χ1n) is 10.1. The Bertz CT molecular complexity index is 643. The van der Waals surface area contributed by atoms with Crippen molar-refractivity contribution in [2.75, 3.05) is 19.7 Å². The van der Waals surface area contributed by atoms with Crippen LogP contribution in [-0.2, 0) is 0 Å². The molecule has 0 aliphatic heterocycles. The Balaban J connectivity index is 1.32. The highest BCUT2D eigenvalue weighted by Crippen LogP contribution is 2.65. The first-order valence-corrected chi connectivity index (χ1v) is 10.9. The Morgan fingerprint density at radius 3 is 3.00 bits per heavy atom. The normalized spacial score (nSPS) is 25.1. The van der Waals surface area contributed by atoms with Gasteiger partial charge in [0.2, 0.25) is 0 Å². The molecule has 1 aromatic rings. The Kier molecular flexibility index (Phi) is 6.43. The van der Waals surface area contributed by atoms with Crippen molar-refractivity contribution in [2.24, 2.45) is 11.3 Å². The van der Waals surface area contributed by atoms with Crippen LogP contribution in [-0.4, -0.2) is 47.3 Å². The minimum absolute atomic E-state index is 0.0504. The van der Waals surface area contributed by atoms with E-state index in [9.17, 15) is 9.90 Å². The lowest BCUT2D eigenvalue weighted by Crippen LogP contribution is -2.42. The molecule has 1 heterocycles. The van der Waals surface area contributed by atoms with Crippen molar-refractivity contribution in [1.82, 2.24) is 15.6 Å². The molecule has 1 amide bonds. The number of aromatic nitrogens is 1. The van der Waals surface area contributed by atoms with Crippen LogP contribution in [0.2, 0.25) is 0 Å². The standard InChI is InChI=1S/C20H33N3O3S/c1-19(2,3)23-11-15(24)13-26-18-22-12-16(27-18)17(25)21-9-5-8-20-7-4-6-14(20)10-20/h12,14-15,23-24H,4-11,13H2,1-3H3,(H,21,25). The van der Waals surface area contributed by atoms with Gasteiger partial charge in [-0.25, -0.2) is 4.98 Å². The van der Waals surface area contributed by atoms with Gasteiger partial charge in [0.15, 0.2) is 0 Å². The van der Waals surface area contributed by atoms with Gasteiger partial charge in [0.25, 0.3) is 11.1 Å². The van der Waals surface area contributed by atoms with Gasteiger partial charge >= 0.3 is 0 Å². The Hall–Kier alpha value is -1.18. The summed E-state index contributed by atoms with van der Waals surface area (Å²) < 4.78 is 5.51. The van der Waals surface area contributed by atoms with Gasteiger partial charge < -0.3 is 20.5 Å². The number of ether oxygens (including phenoxy) is 1. The number of carbonyl (C=O) groups excluding carboxylic acids is 1. The number of hydrogen-bond acceptors (Lipinski definition) is 6. The van der Waals surface area contributed by atoms with Crippen LogP contribution < -0.4 is 15.4 Å². The molecule has 1 aromatic heterocycles. The lowest BCUT2D eigenvalue weighted by atomic mass is 9.97. The van der Waals surface area contributed by atoms with Gasteiger partial charge in [0.05, 0.1) is 6.20 Å². The van der Waals surface area contributed by atoms with Crippen molar-refractivity contribution in [3.63, 3.8) is 0 Å². The number of hydrogen-bond donors (Lipinski definition) is 3. The highest BCUT2D eigenvalue weighted by atomic mass is 32.1. The summed E-state index contributed by atoms with van der Waals surface area (Å²) in [5.74, 6) is 0.886. The number of nitrogens with zero attached hydrogens (tertiary/aromatic N) is 1. The molecule has 2 fully saturated rings. The van der Waals surface area contributed by atoms with Crippen LogP contribution in [0.15, 0.2) is 6.20 Å². The van der Waals surface area contributed by atoms with Gasteiger partial charge in [-0.2, -0.15) is 0 Å². The Labute approximate surface area is 166 Å². The number of thiazole rings is 1. The monoisotopic (exact) mass is 395 g/mol. The summed E-state index contributed by atoms with van der Waals surface area (Å²) in [6, 6.07) is 0. The third kappa shape index (κ3) is 5.90.